The maximum atomic E-state index is 13.1. The number of para-hydroxylation sites is 1. The number of H-pyrrole nitrogens is 1. The molecular weight excluding hydrogens is 271 g/mol. The third-order valence-electron chi connectivity index (χ3n) is 3.08. The molecule has 0 aliphatic heterocycles. The van der Waals surface area contributed by atoms with Crippen LogP contribution in [0.3, 0.4) is 0 Å². The number of aromatic amines is 1. The first-order valence-electron chi connectivity index (χ1n) is 6.29. The van der Waals surface area contributed by atoms with Gasteiger partial charge >= 0.3 is 0 Å². The van der Waals surface area contributed by atoms with Crippen LogP contribution in [-0.4, -0.2) is 16.3 Å². The van der Waals surface area contributed by atoms with E-state index in [1.807, 2.05) is 0 Å². The molecule has 21 heavy (non-hydrogen) atoms. The summed E-state index contributed by atoms with van der Waals surface area (Å²) in [5.41, 5.74) is 0.495. The van der Waals surface area contributed by atoms with Gasteiger partial charge in [-0.25, -0.2) is 4.39 Å². The second-order valence-electron chi connectivity index (χ2n) is 4.50. The molecular formula is C16H11FN2O2. The number of aromatic nitrogens is 1. The van der Waals surface area contributed by atoms with Gasteiger partial charge in [-0.2, -0.15) is 0 Å². The molecule has 0 fully saturated rings. The predicted molar refractivity (Wildman–Crippen MR) is 79.9 cm³/mol. The number of benzene rings is 2. The number of nitrogens with one attached hydrogen (secondary N) is 1. The lowest BCUT2D eigenvalue weighted by Crippen LogP contribution is -2.12. The Morgan fingerprint density at radius 1 is 1.14 bits per heavy atom. The molecule has 0 aliphatic rings. The summed E-state index contributed by atoms with van der Waals surface area (Å²) >= 11 is 0. The minimum atomic E-state index is -0.452. The lowest BCUT2D eigenvalue weighted by Gasteiger charge is -2.03. The van der Waals surface area contributed by atoms with Gasteiger partial charge in [0.15, 0.2) is 0 Å². The summed E-state index contributed by atoms with van der Waals surface area (Å²) in [5.74, 6) is -0.559. The standard InChI is InChI=1S/C16H11FN2O2/c17-10-4-3-5-11(8-10)18-9-13-15(20)12-6-1-2-7-14(12)19-16(13)21/h1-9H,(H2,19,20,21). The average Bonchev–Trinajstić information content (AvgIpc) is 2.47. The first-order chi connectivity index (χ1) is 10.1. The highest BCUT2D eigenvalue weighted by molar-refractivity contribution is 5.95. The number of aliphatic imine (C=N–C) groups is 1. The fourth-order valence-electron chi connectivity index (χ4n) is 2.06. The molecule has 0 aliphatic carbocycles. The molecule has 104 valence electrons. The van der Waals surface area contributed by atoms with Crippen molar-refractivity contribution in [1.29, 1.82) is 0 Å². The van der Waals surface area contributed by atoms with Crippen molar-refractivity contribution in [3.63, 3.8) is 0 Å². The van der Waals surface area contributed by atoms with Gasteiger partial charge in [0.1, 0.15) is 17.1 Å². The number of halogens is 1. The number of nitrogens with zero attached hydrogens (tertiary/aromatic N) is 1. The zero-order valence-electron chi connectivity index (χ0n) is 10.9. The Labute approximate surface area is 119 Å². The molecule has 0 amide bonds. The largest absolute Gasteiger partial charge is 0.506 e. The van der Waals surface area contributed by atoms with E-state index in [0.717, 1.165) is 0 Å². The van der Waals surface area contributed by atoms with Crippen molar-refractivity contribution < 1.29 is 9.50 Å². The number of hydrogen-bond acceptors (Lipinski definition) is 3. The lowest BCUT2D eigenvalue weighted by atomic mass is 10.1. The Morgan fingerprint density at radius 3 is 2.76 bits per heavy atom. The molecule has 2 aromatic carbocycles. The van der Waals surface area contributed by atoms with Gasteiger partial charge in [0.25, 0.3) is 5.56 Å². The molecule has 0 spiro atoms. The van der Waals surface area contributed by atoms with E-state index in [9.17, 15) is 14.3 Å². The summed E-state index contributed by atoms with van der Waals surface area (Å²) in [7, 11) is 0. The van der Waals surface area contributed by atoms with E-state index in [-0.39, 0.29) is 11.3 Å². The fourth-order valence-corrected chi connectivity index (χ4v) is 2.06. The van der Waals surface area contributed by atoms with E-state index < -0.39 is 11.4 Å². The minimum absolute atomic E-state index is 0.0398. The SMILES string of the molecule is O=c1[nH]c2ccccc2c(O)c1C=Nc1cccc(F)c1. The van der Waals surface area contributed by atoms with Crippen LogP contribution in [0.4, 0.5) is 10.1 Å². The summed E-state index contributed by atoms with van der Waals surface area (Å²) < 4.78 is 13.1. The Balaban J connectivity index is 2.10. The summed E-state index contributed by atoms with van der Waals surface area (Å²) in [6, 6.07) is 12.6. The summed E-state index contributed by atoms with van der Waals surface area (Å²) in [4.78, 5) is 18.6. The molecule has 1 aromatic heterocycles. The summed E-state index contributed by atoms with van der Waals surface area (Å²) in [6.07, 6.45) is 1.23. The maximum Gasteiger partial charge on any atom is 0.261 e. The van der Waals surface area contributed by atoms with Crippen molar-refractivity contribution in [2.24, 2.45) is 4.99 Å². The van der Waals surface area contributed by atoms with Gasteiger partial charge in [-0.1, -0.05) is 18.2 Å². The number of hydrogen-bond donors (Lipinski definition) is 2. The highest BCUT2D eigenvalue weighted by atomic mass is 19.1. The van der Waals surface area contributed by atoms with Crippen LogP contribution in [0.5, 0.6) is 5.75 Å². The van der Waals surface area contributed by atoms with E-state index in [1.165, 1.54) is 24.4 Å². The van der Waals surface area contributed by atoms with Crippen molar-refractivity contribution in [1.82, 2.24) is 4.98 Å². The summed E-state index contributed by atoms with van der Waals surface area (Å²) in [5, 5.41) is 10.7. The molecule has 0 saturated heterocycles. The zero-order valence-corrected chi connectivity index (χ0v) is 10.9. The Hall–Kier alpha value is -2.95. The molecule has 0 atom stereocenters. The lowest BCUT2D eigenvalue weighted by molar-refractivity contribution is 0.479. The molecule has 2 N–H and O–H groups in total. The Bertz CT molecular complexity index is 900. The molecule has 0 saturated carbocycles. The number of rotatable bonds is 2. The van der Waals surface area contributed by atoms with Gasteiger partial charge < -0.3 is 10.1 Å². The minimum Gasteiger partial charge on any atom is -0.506 e. The van der Waals surface area contributed by atoms with Crippen LogP contribution in [0, 0.1) is 5.82 Å². The van der Waals surface area contributed by atoms with Gasteiger partial charge in [-0.15, -0.1) is 0 Å². The van der Waals surface area contributed by atoms with Crippen molar-refractivity contribution in [2.45, 2.75) is 0 Å². The van der Waals surface area contributed by atoms with Gasteiger partial charge in [0, 0.05) is 11.6 Å². The third kappa shape index (κ3) is 2.53. The number of pyridine rings is 1. The predicted octanol–water partition coefficient (Wildman–Crippen LogP) is 3.12. The number of aromatic hydroxyl groups is 1. The molecule has 5 heteroatoms. The normalized spacial score (nSPS) is 11.3. The van der Waals surface area contributed by atoms with Crippen LogP contribution in [0.1, 0.15) is 5.56 Å². The van der Waals surface area contributed by atoms with Gasteiger partial charge in [0.2, 0.25) is 0 Å². The van der Waals surface area contributed by atoms with Crippen LogP contribution in [0.2, 0.25) is 0 Å². The van der Waals surface area contributed by atoms with Crippen LogP contribution in [0.15, 0.2) is 58.3 Å². The zero-order chi connectivity index (χ0) is 14.8. The fraction of sp³-hybridized carbons (Fsp3) is 0. The summed E-state index contributed by atoms with van der Waals surface area (Å²) in [6.45, 7) is 0. The third-order valence-corrected chi connectivity index (χ3v) is 3.08. The molecule has 4 nitrogen and oxygen atoms in total. The molecule has 0 unspecified atom stereocenters. The Morgan fingerprint density at radius 2 is 1.95 bits per heavy atom. The van der Waals surface area contributed by atoms with Crippen LogP contribution >= 0.6 is 0 Å². The smallest absolute Gasteiger partial charge is 0.261 e. The van der Waals surface area contributed by atoms with Crippen molar-refractivity contribution in [2.75, 3.05) is 0 Å². The number of fused-ring (bicyclic) bond motifs is 1. The Kier molecular flexibility index (Phi) is 3.23. The molecule has 3 aromatic rings. The van der Waals surface area contributed by atoms with Crippen LogP contribution < -0.4 is 5.56 Å². The quantitative estimate of drug-likeness (QED) is 0.709. The molecule has 1 heterocycles. The van der Waals surface area contributed by atoms with E-state index in [1.54, 1.807) is 30.3 Å². The van der Waals surface area contributed by atoms with Crippen molar-refractivity contribution in [3.05, 3.63) is 70.3 Å². The van der Waals surface area contributed by atoms with Crippen molar-refractivity contribution in [3.8, 4) is 5.75 Å². The van der Waals surface area contributed by atoms with E-state index in [4.69, 9.17) is 0 Å². The average molecular weight is 282 g/mol. The molecule has 0 bridgehead atoms. The van der Waals surface area contributed by atoms with Gasteiger partial charge in [-0.05, 0) is 30.3 Å². The highest BCUT2D eigenvalue weighted by Crippen LogP contribution is 2.23. The van der Waals surface area contributed by atoms with E-state index >= 15 is 0 Å². The van der Waals surface area contributed by atoms with Crippen molar-refractivity contribution >= 4 is 22.8 Å². The second kappa shape index (κ2) is 5.20. The molecule has 0 radical (unpaired) electrons. The highest BCUT2D eigenvalue weighted by Gasteiger charge is 2.09. The van der Waals surface area contributed by atoms with E-state index in [0.29, 0.717) is 16.6 Å². The van der Waals surface area contributed by atoms with Gasteiger partial charge in [0.05, 0.1) is 11.2 Å². The van der Waals surface area contributed by atoms with E-state index in [2.05, 4.69) is 9.98 Å². The molecule has 3 rings (SSSR count). The van der Waals surface area contributed by atoms with Crippen LogP contribution in [-0.2, 0) is 0 Å². The monoisotopic (exact) mass is 282 g/mol. The first kappa shape index (κ1) is 13.1. The second-order valence-corrected chi connectivity index (χ2v) is 4.50. The van der Waals surface area contributed by atoms with Crippen LogP contribution in [0.25, 0.3) is 10.9 Å². The van der Waals surface area contributed by atoms with Gasteiger partial charge in [-0.3, -0.25) is 9.79 Å². The maximum absolute atomic E-state index is 13.1. The topological polar surface area (TPSA) is 65.5 Å². The first-order valence-corrected chi connectivity index (χ1v) is 6.29.